The molecule has 0 bridgehead atoms. The molecule has 146 valence electrons. The molecule has 0 fully saturated rings. The molecule has 0 heterocycles. The summed E-state index contributed by atoms with van der Waals surface area (Å²) < 4.78 is 10.5. The number of ketones is 1. The van der Waals surface area contributed by atoms with E-state index in [0.717, 1.165) is 18.1 Å². The summed E-state index contributed by atoms with van der Waals surface area (Å²) in [7, 11) is -1.51. The number of rotatable bonds is 11. The van der Waals surface area contributed by atoms with Crippen molar-refractivity contribution in [3.8, 4) is 5.75 Å². The van der Waals surface area contributed by atoms with E-state index in [9.17, 15) is 9.59 Å². The largest absolute Gasteiger partial charge is 0.494 e. The zero-order valence-electron chi connectivity index (χ0n) is 15.5. The van der Waals surface area contributed by atoms with Gasteiger partial charge in [-0.25, -0.2) is 4.79 Å². The number of esters is 1. The fraction of sp³-hybridized carbons (Fsp3) is 0.238. The van der Waals surface area contributed by atoms with E-state index < -0.39 is 13.1 Å². The maximum absolute atomic E-state index is 12.4. The van der Waals surface area contributed by atoms with Crippen LogP contribution in [-0.2, 0) is 16.0 Å². The Morgan fingerprint density at radius 1 is 0.964 bits per heavy atom. The molecule has 7 heteroatoms. The highest BCUT2D eigenvalue weighted by Gasteiger charge is 2.11. The standard InChI is InChI=1S/C21H23BO6/c1-2-21(24)28-14-4-3-13-27-19-11-7-17(8-12-19)20(23)15-16-5-9-18(10-6-16)22(25)26/h2,5-12,25-26H,1,3-4,13-15H2. The summed E-state index contributed by atoms with van der Waals surface area (Å²) in [4.78, 5) is 23.3. The molecule has 0 aromatic heterocycles. The number of carbonyl (C=O) groups excluding carboxylic acids is 2. The summed E-state index contributed by atoms with van der Waals surface area (Å²) in [5, 5.41) is 18.2. The molecule has 0 amide bonds. The van der Waals surface area contributed by atoms with Crippen LogP contribution in [-0.4, -0.2) is 42.1 Å². The fourth-order valence-corrected chi connectivity index (χ4v) is 2.46. The van der Waals surface area contributed by atoms with Crippen LogP contribution >= 0.6 is 0 Å². The van der Waals surface area contributed by atoms with E-state index in [4.69, 9.17) is 19.5 Å². The smallest absolute Gasteiger partial charge is 0.488 e. The molecule has 0 saturated carbocycles. The van der Waals surface area contributed by atoms with E-state index in [1.807, 2.05) is 0 Å². The third kappa shape index (κ3) is 7.02. The average Bonchev–Trinajstić information content (AvgIpc) is 2.71. The molecule has 2 rings (SSSR count). The van der Waals surface area contributed by atoms with E-state index in [1.165, 1.54) is 0 Å². The Morgan fingerprint density at radius 2 is 1.61 bits per heavy atom. The van der Waals surface area contributed by atoms with Crippen molar-refractivity contribution in [2.75, 3.05) is 13.2 Å². The third-order valence-corrected chi connectivity index (χ3v) is 4.04. The Bertz CT molecular complexity index is 784. The zero-order chi connectivity index (χ0) is 20.4. The van der Waals surface area contributed by atoms with Gasteiger partial charge in [0.15, 0.2) is 5.78 Å². The second kappa shape index (κ2) is 11.1. The lowest BCUT2D eigenvalue weighted by Crippen LogP contribution is -2.29. The lowest BCUT2D eigenvalue weighted by molar-refractivity contribution is -0.137. The first-order valence-electron chi connectivity index (χ1n) is 9.00. The van der Waals surface area contributed by atoms with Crippen LogP contribution < -0.4 is 10.2 Å². The van der Waals surface area contributed by atoms with Gasteiger partial charge in [0.1, 0.15) is 5.75 Å². The van der Waals surface area contributed by atoms with Gasteiger partial charge in [0.2, 0.25) is 0 Å². The SMILES string of the molecule is C=CC(=O)OCCCCOc1ccc(C(=O)Cc2ccc(B(O)O)cc2)cc1. The van der Waals surface area contributed by atoms with Gasteiger partial charge in [0.25, 0.3) is 0 Å². The Kier molecular flexibility index (Phi) is 8.46. The van der Waals surface area contributed by atoms with Crippen molar-refractivity contribution in [1.82, 2.24) is 0 Å². The molecule has 2 N–H and O–H groups in total. The lowest BCUT2D eigenvalue weighted by Gasteiger charge is -2.08. The molecule has 2 aromatic carbocycles. The topological polar surface area (TPSA) is 93.1 Å². The summed E-state index contributed by atoms with van der Waals surface area (Å²) in [6.45, 7) is 4.15. The number of hydrogen-bond donors (Lipinski definition) is 2. The third-order valence-electron chi connectivity index (χ3n) is 4.04. The van der Waals surface area contributed by atoms with Crippen LogP contribution in [0.2, 0.25) is 0 Å². The second-order valence-electron chi connectivity index (χ2n) is 6.17. The van der Waals surface area contributed by atoms with Crippen LogP contribution in [0.25, 0.3) is 0 Å². The molecule has 6 nitrogen and oxygen atoms in total. The molecule has 0 saturated heterocycles. The van der Waals surface area contributed by atoms with Gasteiger partial charge in [-0.2, -0.15) is 0 Å². The molecular formula is C21H23BO6. The number of carbonyl (C=O) groups is 2. The van der Waals surface area contributed by atoms with Gasteiger partial charge in [-0.1, -0.05) is 30.8 Å². The van der Waals surface area contributed by atoms with Crippen molar-refractivity contribution < 1.29 is 29.1 Å². The maximum atomic E-state index is 12.4. The molecule has 0 radical (unpaired) electrons. The number of Topliss-reactive ketones (excluding diaryl/α,β-unsaturated/α-hetero) is 1. The minimum atomic E-state index is -1.51. The van der Waals surface area contributed by atoms with Crippen molar-refractivity contribution in [3.05, 3.63) is 72.3 Å². The van der Waals surface area contributed by atoms with E-state index >= 15 is 0 Å². The number of unbranched alkanes of at least 4 members (excludes halogenated alkanes) is 1. The number of benzene rings is 2. The maximum Gasteiger partial charge on any atom is 0.488 e. The van der Waals surface area contributed by atoms with Gasteiger partial charge >= 0.3 is 13.1 Å². The van der Waals surface area contributed by atoms with Crippen LogP contribution in [0.3, 0.4) is 0 Å². The fourth-order valence-electron chi connectivity index (χ4n) is 2.46. The summed E-state index contributed by atoms with van der Waals surface area (Å²) in [6, 6.07) is 13.5. The normalized spacial score (nSPS) is 10.2. The van der Waals surface area contributed by atoms with Crippen LogP contribution in [0, 0.1) is 0 Å². The zero-order valence-corrected chi connectivity index (χ0v) is 15.5. The highest BCUT2D eigenvalue weighted by atomic mass is 16.5. The minimum Gasteiger partial charge on any atom is -0.494 e. The van der Waals surface area contributed by atoms with Crippen LogP contribution in [0.4, 0.5) is 0 Å². The van der Waals surface area contributed by atoms with Gasteiger partial charge < -0.3 is 19.5 Å². The predicted octanol–water partition coefficient (Wildman–Crippen LogP) is 1.68. The van der Waals surface area contributed by atoms with Crippen molar-refractivity contribution in [1.29, 1.82) is 0 Å². The lowest BCUT2D eigenvalue weighted by atomic mass is 9.80. The van der Waals surface area contributed by atoms with Crippen LogP contribution in [0.15, 0.2) is 61.2 Å². The van der Waals surface area contributed by atoms with Crippen molar-refractivity contribution in [2.45, 2.75) is 19.3 Å². The summed E-state index contributed by atoms with van der Waals surface area (Å²) >= 11 is 0. The highest BCUT2D eigenvalue weighted by Crippen LogP contribution is 2.15. The van der Waals surface area contributed by atoms with E-state index in [2.05, 4.69) is 6.58 Å². The van der Waals surface area contributed by atoms with E-state index in [0.29, 0.717) is 36.4 Å². The minimum absolute atomic E-state index is 0.0344. The Hall–Kier alpha value is -2.90. The number of ether oxygens (including phenoxy) is 2. The molecule has 0 aliphatic rings. The average molecular weight is 382 g/mol. The van der Waals surface area contributed by atoms with Gasteiger partial charge in [-0.3, -0.25) is 4.79 Å². The summed E-state index contributed by atoms with van der Waals surface area (Å²) in [5.41, 5.74) is 1.76. The molecule has 2 aromatic rings. The first-order valence-corrected chi connectivity index (χ1v) is 9.00. The summed E-state index contributed by atoms with van der Waals surface area (Å²) in [6.07, 6.45) is 2.80. The van der Waals surface area contributed by atoms with Gasteiger partial charge in [0, 0.05) is 18.1 Å². The van der Waals surface area contributed by atoms with E-state index in [1.54, 1.807) is 48.5 Å². The first-order chi connectivity index (χ1) is 13.5. The summed E-state index contributed by atoms with van der Waals surface area (Å²) in [5.74, 6) is 0.205. The molecule has 0 aliphatic carbocycles. The molecule has 28 heavy (non-hydrogen) atoms. The van der Waals surface area contributed by atoms with Crippen molar-refractivity contribution in [2.24, 2.45) is 0 Å². The Morgan fingerprint density at radius 3 is 2.21 bits per heavy atom. The Balaban J connectivity index is 1.76. The number of hydrogen-bond acceptors (Lipinski definition) is 6. The first kappa shape index (κ1) is 21.4. The van der Waals surface area contributed by atoms with Crippen LogP contribution in [0.1, 0.15) is 28.8 Å². The van der Waals surface area contributed by atoms with Gasteiger partial charge in [0.05, 0.1) is 13.2 Å². The molecule has 0 spiro atoms. The van der Waals surface area contributed by atoms with Crippen molar-refractivity contribution >= 4 is 24.3 Å². The van der Waals surface area contributed by atoms with Crippen molar-refractivity contribution in [3.63, 3.8) is 0 Å². The van der Waals surface area contributed by atoms with Crippen LogP contribution in [0.5, 0.6) is 5.75 Å². The quantitative estimate of drug-likeness (QED) is 0.202. The van der Waals surface area contributed by atoms with Gasteiger partial charge in [-0.05, 0) is 48.1 Å². The monoisotopic (exact) mass is 382 g/mol. The molecule has 0 unspecified atom stereocenters. The molecule has 0 atom stereocenters. The second-order valence-corrected chi connectivity index (χ2v) is 6.17. The van der Waals surface area contributed by atoms with E-state index in [-0.39, 0.29) is 12.2 Å². The molecule has 0 aliphatic heterocycles. The Labute approximate surface area is 164 Å². The molecular weight excluding hydrogens is 359 g/mol. The predicted molar refractivity (Wildman–Crippen MR) is 107 cm³/mol. The highest BCUT2D eigenvalue weighted by molar-refractivity contribution is 6.58. The van der Waals surface area contributed by atoms with Gasteiger partial charge in [-0.15, -0.1) is 0 Å².